The number of nitro benzene ring substituents is 1. The van der Waals surface area contributed by atoms with Crippen molar-refractivity contribution in [2.24, 2.45) is 7.05 Å². The molecule has 2 aromatic carbocycles. The minimum Gasteiger partial charge on any atom is -0.497 e. The summed E-state index contributed by atoms with van der Waals surface area (Å²) in [7, 11) is 3.45. The molecule has 1 aromatic heterocycles. The van der Waals surface area contributed by atoms with E-state index in [-0.39, 0.29) is 23.0 Å². The van der Waals surface area contributed by atoms with E-state index in [0.717, 1.165) is 17.1 Å². The second kappa shape index (κ2) is 9.20. The highest BCUT2D eigenvalue weighted by Gasteiger charge is 2.16. The average Bonchev–Trinajstić information content (AvgIpc) is 3.06. The molecule has 150 valence electrons. The molecule has 3 rings (SSSR count). The Labute approximate surface area is 171 Å². The first kappa shape index (κ1) is 20.3. The lowest BCUT2D eigenvalue weighted by Gasteiger charge is -2.06. The van der Waals surface area contributed by atoms with Crippen LogP contribution in [-0.4, -0.2) is 38.5 Å². The molecule has 0 atom stereocenters. The van der Waals surface area contributed by atoms with Crippen molar-refractivity contribution in [3.63, 3.8) is 0 Å². The zero-order chi connectivity index (χ0) is 20.8. The number of ether oxygens (including phenoxy) is 1. The lowest BCUT2D eigenvalue weighted by atomic mass is 10.1. The molecule has 29 heavy (non-hydrogen) atoms. The topological polar surface area (TPSA) is 112 Å². The molecule has 1 N–H and O–H groups in total. The van der Waals surface area contributed by atoms with Gasteiger partial charge in [-0.1, -0.05) is 36.0 Å². The fraction of sp³-hybridized carbons (Fsp3) is 0.211. The van der Waals surface area contributed by atoms with Crippen molar-refractivity contribution in [1.29, 1.82) is 0 Å². The summed E-state index contributed by atoms with van der Waals surface area (Å²) in [6, 6.07) is 13.7. The number of amides is 1. The molecule has 9 nitrogen and oxygen atoms in total. The van der Waals surface area contributed by atoms with Crippen LogP contribution in [0.2, 0.25) is 0 Å². The van der Waals surface area contributed by atoms with Crippen LogP contribution in [0.15, 0.2) is 53.7 Å². The van der Waals surface area contributed by atoms with Crippen LogP contribution in [0, 0.1) is 10.1 Å². The number of thioether (sulfide) groups is 1. The molecule has 10 heteroatoms. The summed E-state index contributed by atoms with van der Waals surface area (Å²) in [6.45, 7) is 0. The molecular formula is C19H19N5O4S. The van der Waals surface area contributed by atoms with Crippen molar-refractivity contribution >= 4 is 29.0 Å². The number of aromatic nitrogens is 3. The molecule has 0 saturated carbocycles. The van der Waals surface area contributed by atoms with Crippen LogP contribution in [0.4, 0.5) is 11.4 Å². The fourth-order valence-corrected chi connectivity index (χ4v) is 3.34. The minimum absolute atomic E-state index is 0.0561. The van der Waals surface area contributed by atoms with Crippen LogP contribution in [-0.2, 0) is 18.3 Å². The maximum atomic E-state index is 12.2. The Morgan fingerprint density at radius 3 is 2.62 bits per heavy atom. The average molecular weight is 413 g/mol. The third kappa shape index (κ3) is 5.11. The van der Waals surface area contributed by atoms with E-state index in [1.165, 1.54) is 23.9 Å². The number of anilines is 1. The standard InChI is InChI=1S/C19H19N5O4S/c1-23-17(11-13-7-9-14(28-2)10-8-13)21-22-19(23)29-12-18(25)20-15-5-3-4-6-16(15)24(26)27/h3-10H,11-12H2,1-2H3,(H,20,25). The highest BCUT2D eigenvalue weighted by molar-refractivity contribution is 7.99. The fourth-order valence-electron chi connectivity index (χ4n) is 2.61. The summed E-state index contributed by atoms with van der Waals surface area (Å²) in [5, 5.41) is 22.5. The number of methoxy groups -OCH3 is 1. The van der Waals surface area contributed by atoms with Gasteiger partial charge < -0.3 is 14.6 Å². The first-order valence-corrected chi connectivity index (χ1v) is 9.63. The lowest BCUT2D eigenvalue weighted by molar-refractivity contribution is -0.383. The van der Waals surface area contributed by atoms with Gasteiger partial charge in [0, 0.05) is 19.5 Å². The Bertz CT molecular complexity index is 1020. The highest BCUT2D eigenvalue weighted by Crippen LogP contribution is 2.24. The van der Waals surface area contributed by atoms with Crippen molar-refractivity contribution in [1.82, 2.24) is 14.8 Å². The smallest absolute Gasteiger partial charge is 0.292 e. The minimum atomic E-state index is -0.531. The lowest BCUT2D eigenvalue weighted by Crippen LogP contribution is -2.15. The van der Waals surface area contributed by atoms with E-state index >= 15 is 0 Å². The van der Waals surface area contributed by atoms with Crippen LogP contribution in [0.5, 0.6) is 5.75 Å². The number of hydrogen-bond acceptors (Lipinski definition) is 7. The number of rotatable bonds is 8. The first-order chi connectivity index (χ1) is 14.0. The first-order valence-electron chi connectivity index (χ1n) is 8.65. The van der Waals surface area contributed by atoms with Gasteiger partial charge in [0.1, 0.15) is 17.3 Å². The molecule has 0 fully saturated rings. The van der Waals surface area contributed by atoms with Gasteiger partial charge in [-0.3, -0.25) is 14.9 Å². The molecule has 0 spiro atoms. The third-order valence-corrected chi connectivity index (χ3v) is 5.17. The maximum absolute atomic E-state index is 12.2. The molecule has 0 aliphatic heterocycles. The number of carbonyl (C=O) groups is 1. The number of nitrogens with zero attached hydrogens (tertiary/aromatic N) is 4. The number of hydrogen-bond donors (Lipinski definition) is 1. The summed E-state index contributed by atoms with van der Waals surface area (Å²) >= 11 is 1.21. The molecule has 0 radical (unpaired) electrons. The van der Waals surface area contributed by atoms with Gasteiger partial charge in [0.05, 0.1) is 17.8 Å². The predicted molar refractivity (Wildman–Crippen MR) is 109 cm³/mol. The van der Waals surface area contributed by atoms with Crippen LogP contribution < -0.4 is 10.1 Å². The van der Waals surface area contributed by atoms with E-state index in [9.17, 15) is 14.9 Å². The van der Waals surface area contributed by atoms with Crippen molar-refractivity contribution in [3.05, 3.63) is 70.0 Å². The number of nitrogens with one attached hydrogen (secondary N) is 1. The molecule has 0 aliphatic carbocycles. The number of para-hydroxylation sites is 2. The van der Waals surface area contributed by atoms with Crippen molar-refractivity contribution < 1.29 is 14.5 Å². The van der Waals surface area contributed by atoms with Crippen LogP contribution >= 0.6 is 11.8 Å². The monoisotopic (exact) mass is 413 g/mol. The molecular weight excluding hydrogens is 394 g/mol. The Morgan fingerprint density at radius 1 is 1.21 bits per heavy atom. The number of carbonyl (C=O) groups excluding carboxylic acids is 1. The summed E-state index contributed by atoms with van der Waals surface area (Å²) in [5.74, 6) is 1.24. The predicted octanol–water partition coefficient (Wildman–Crippen LogP) is 3.05. The van der Waals surface area contributed by atoms with E-state index in [0.29, 0.717) is 11.6 Å². The molecule has 0 aliphatic rings. The highest BCUT2D eigenvalue weighted by atomic mass is 32.2. The van der Waals surface area contributed by atoms with E-state index in [2.05, 4.69) is 15.5 Å². The van der Waals surface area contributed by atoms with Gasteiger partial charge in [-0.15, -0.1) is 10.2 Å². The quantitative estimate of drug-likeness (QED) is 0.343. The van der Waals surface area contributed by atoms with Gasteiger partial charge >= 0.3 is 0 Å². The molecule has 0 unspecified atom stereocenters. The summed E-state index contributed by atoms with van der Waals surface area (Å²) < 4.78 is 6.98. The molecule has 1 heterocycles. The molecule has 0 bridgehead atoms. The maximum Gasteiger partial charge on any atom is 0.292 e. The molecule has 1 amide bonds. The van der Waals surface area contributed by atoms with Crippen molar-refractivity contribution in [2.45, 2.75) is 11.6 Å². The number of nitro groups is 1. The molecule has 3 aromatic rings. The van der Waals surface area contributed by atoms with Crippen molar-refractivity contribution in [3.8, 4) is 5.75 Å². The normalized spacial score (nSPS) is 10.6. The second-order valence-electron chi connectivity index (χ2n) is 6.09. The summed E-state index contributed by atoms with van der Waals surface area (Å²) in [5.41, 5.74) is 1.08. The van der Waals surface area contributed by atoms with Gasteiger partial charge in [0.2, 0.25) is 5.91 Å². The van der Waals surface area contributed by atoms with Crippen LogP contribution in [0.3, 0.4) is 0 Å². The Morgan fingerprint density at radius 2 is 1.93 bits per heavy atom. The van der Waals surface area contributed by atoms with Gasteiger partial charge in [0.25, 0.3) is 5.69 Å². The largest absolute Gasteiger partial charge is 0.497 e. The zero-order valence-electron chi connectivity index (χ0n) is 15.9. The van der Waals surface area contributed by atoms with E-state index in [1.807, 2.05) is 35.9 Å². The van der Waals surface area contributed by atoms with Crippen molar-refractivity contribution in [2.75, 3.05) is 18.2 Å². The van der Waals surface area contributed by atoms with Crippen LogP contribution in [0.25, 0.3) is 0 Å². The van der Waals surface area contributed by atoms with Gasteiger partial charge in [-0.25, -0.2) is 0 Å². The summed E-state index contributed by atoms with van der Waals surface area (Å²) in [6.07, 6.45) is 0.594. The summed E-state index contributed by atoms with van der Waals surface area (Å²) in [4.78, 5) is 22.7. The Balaban J connectivity index is 1.60. The Kier molecular flexibility index (Phi) is 6.45. The van der Waals surface area contributed by atoms with Gasteiger partial charge in [0.15, 0.2) is 5.16 Å². The molecule has 0 saturated heterocycles. The second-order valence-corrected chi connectivity index (χ2v) is 7.04. The SMILES string of the molecule is COc1ccc(Cc2nnc(SCC(=O)Nc3ccccc3[N+](=O)[O-])n2C)cc1. The zero-order valence-corrected chi connectivity index (χ0v) is 16.7. The third-order valence-electron chi connectivity index (χ3n) is 4.15. The van der Waals surface area contributed by atoms with Crippen LogP contribution in [0.1, 0.15) is 11.4 Å². The Hall–Kier alpha value is -3.40. The number of benzene rings is 2. The van der Waals surface area contributed by atoms with Gasteiger partial charge in [-0.2, -0.15) is 0 Å². The van der Waals surface area contributed by atoms with E-state index in [1.54, 1.807) is 19.2 Å². The van der Waals surface area contributed by atoms with E-state index < -0.39 is 4.92 Å². The van der Waals surface area contributed by atoms with Gasteiger partial charge in [-0.05, 0) is 23.8 Å². The van der Waals surface area contributed by atoms with E-state index in [4.69, 9.17) is 4.74 Å².